The Bertz CT molecular complexity index is 449. The largest absolute Gasteiger partial charge is 0.497 e. The minimum atomic E-state index is -0.0771. The van der Waals surface area contributed by atoms with Crippen molar-refractivity contribution in [3.8, 4) is 5.75 Å². The van der Waals surface area contributed by atoms with Crippen molar-refractivity contribution in [1.82, 2.24) is 10.2 Å². The van der Waals surface area contributed by atoms with E-state index in [1.54, 1.807) is 19.1 Å². The third-order valence-electron chi connectivity index (χ3n) is 3.09. The van der Waals surface area contributed by atoms with Crippen molar-refractivity contribution in [1.29, 1.82) is 0 Å². The Morgan fingerprint density at radius 2 is 2.14 bits per heavy atom. The van der Waals surface area contributed by atoms with E-state index in [0.29, 0.717) is 25.6 Å². The number of carbonyl (C=O) groups is 1. The Balaban J connectivity index is 2.24. The topological polar surface area (TPSA) is 50.8 Å². The van der Waals surface area contributed by atoms with Gasteiger partial charge < -0.3 is 19.7 Å². The maximum atomic E-state index is 12.0. The van der Waals surface area contributed by atoms with Crippen LogP contribution in [0.2, 0.25) is 0 Å². The highest BCUT2D eigenvalue weighted by Gasteiger charge is 2.08. The van der Waals surface area contributed by atoms with E-state index in [-0.39, 0.29) is 6.03 Å². The van der Waals surface area contributed by atoms with Crippen LogP contribution in [0.3, 0.4) is 0 Å². The number of hydrogen-bond acceptors (Lipinski definition) is 3. The van der Waals surface area contributed by atoms with Crippen LogP contribution in [0.25, 0.3) is 0 Å². The SMILES string of the molecule is COc1cccc(CN(C)C(=O)NCCCOCC(C)C)c1. The number of rotatable bonds is 9. The normalized spacial score (nSPS) is 10.6. The number of benzene rings is 1. The van der Waals surface area contributed by atoms with E-state index >= 15 is 0 Å². The molecule has 1 aromatic rings. The minimum absolute atomic E-state index is 0.0771. The summed E-state index contributed by atoms with van der Waals surface area (Å²) in [6, 6.07) is 7.65. The van der Waals surface area contributed by atoms with Crippen molar-refractivity contribution in [2.75, 3.05) is 33.9 Å². The number of urea groups is 1. The maximum Gasteiger partial charge on any atom is 0.317 e. The zero-order valence-electron chi connectivity index (χ0n) is 14.1. The molecule has 5 heteroatoms. The first-order valence-electron chi connectivity index (χ1n) is 7.72. The monoisotopic (exact) mass is 308 g/mol. The quantitative estimate of drug-likeness (QED) is 0.714. The van der Waals surface area contributed by atoms with Gasteiger partial charge in [0.2, 0.25) is 0 Å². The standard InChI is InChI=1S/C17H28N2O3/c1-14(2)13-22-10-6-9-18-17(20)19(3)12-15-7-5-8-16(11-15)21-4/h5,7-8,11,14H,6,9-10,12-13H2,1-4H3,(H,18,20). The van der Waals surface area contributed by atoms with Gasteiger partial charge in [0.1, 0.15) is 5.75 Å². The van der Waals surface area contributed by atoms with Crippen LogP contribution in [-0.2, 0) is 11.3 Å². The van der Waals surface area contributed by atoms with Crippen LogP contribution in [0.4, 0.5) is 4.79 Å². The lowest BCUT2D eigenvalue weighted by atomic mass is 10.2. The van der Waals surface area contributed by atoms with E-state index in [1.807, 2.05) is 24.3 Å². The number of ether oxygens (including phenoxy) is 2. The predicted molar refractivity (Wildman–Crippen MR) is 88.1 cm³/mol. The lowest BCUT2D eigenvalue weighted by Gasteiger charge is -2.18. The predicted octanol–water partition coefficient (Wildman–Crippen LogP) is 2.90. The molecule has 0 fully saturated rings. The highest BCUT2D eigenvalue weighted by atomic mass is 16.5. The van der Waals surface area contributed by atoms with Gasteiger partial charge in [-0.2, -0.15) is 0 Å². The molecule has 0 saturated carbocycles. The molecule has 0 atom stereocenters. The zero-order valence-corrected chi connectivity index (χ0v) is 14.1. The smallest absolute Gasteiger partial charge is 0.317 e. The summed E-state index contributed by atoms with van der Waals surface area (Å²) in [5.74, 6) is 1.34. The van der Waals surface area contributed by atoms with Gasteiger partial charge in [-0.15, -0.1) is 0 Å². The summed E-state index contributed by atoms with van der Waals surface area (Å²) in [6.45, 7) is 6.86. The molecule has 0 aliphatic rings. The molecule has 0 heterocycles. The first kappa shape index (κ1) is 18.3. The van der Waals surface area contributed by atoms with Gasteiger partial charge in [0.15, 0.2) is 0 Å². The summed E-state index contributed by atoms with van der Waals surface area (Å²) in [4.78, 5) is 13.6. The van der Waals surface area contributed by atoms with Crippen molar-refractivity contribution in [2.24, 2.45) is 5.92 Å². The molecule has 1 aromatic carbocycles. The molecule has 0 aromatic heterocycles. The molecule has 2 amide bonds. The van der Waals surface area contributed by atoms with Crippen LogP contribution >= 0.6 is 0 Å². The molecule has 124 valence electrons. The number of methoxy groups -OCH3 is 1. The summed E-state index contributed by atoms with van der Waals surface area (Å²) in [7, 11) is 3.42. The van der Waals surface area contributed by atoms with Gasteiger partial charge in [0.05, 0.1) is 7.11 Å². The molecule has 22 heavy (non-hydrogen) atoms. The average molecular weight is 308 g/mol. The number of nitrogens with one attached hydrogen (secondary N) is 1. The molecule has 0 radical (unpaired) electrons. The molecule has 0 bridgehead atoms. The van der Waals surface area contributed by atoms with Crippen LogP contribution < -0.4 is 10.1 Å². The summed E-state index contributed by atoms with van der Waals surface area (Å²) in [5, 5.41) is 2.90. The minimum Gasteiger partial charge on any atom is -0.497 e. The molecule has 0 aliphatic heterocycles. The molecular formula is C17H28N2O3. The van der Waals surface area contributed by atoms with Crippen LogP contribution in [0.15, 0.2) is 24.3 Å². The molecular weight excluding hydrogens is 280 g/mol. The number of nitrogens with zero attached hydrogens (tertiary/aromatic N) is 1. The van der Waals surface area contributed by atoms with Gasteiger partial charge >= 0.3 is 6.03 Å². The second-order valence-electron chi connectivity index (χ2n) is 5.76. The second kappa shape index (κ2) is 10.1. The Morgan fingerprint density at radius 1 is 1.36 bits per heavy atom. The molecule has 0 unspecified atom stereocenters. The fraction of sp³-hybridized carbons (Fsp3) is 0.588. The lowest BCUT2D eigenvalue weighted by Crippen LogP contribution is -2.37. The maximum absolute atomic E-state index is 12.0. The van der Waals surface area contributed by atoms with Crippen molar-refractivity contribution in [3.05, 3.63) is 29.8 Å². The summed E-state index contributed by atoms with van der Waals surface area (Å²) >= 11 is 0. The number of carbonyl (C=O) groups excluding carboxylic acids is 1. The number of amides is 2. The summed E-state index contributed by atoms with van der Waals surface area (Å²) < 4.78 is 10.7. The first-order chi connectivity index (χ1) is 10.5. The number of hydrogen-bond donors (Lipinski definition) is 1. The third-order valence-corrected chi connectivity index (χ3v) is 3.09. The van der Waals surface area contributed by atoms with Crippen LogP contribution in [0, 0.1) is 5.92 Å². The summed E-state index contributed by atoms with van der Waals surface area (Å²) in [5.41, 5.74) is 1.04. The van der Waals surface area contributed by atoms with Gasteiger partial charge in [-0.05, 0) is 30.0 Å². The van der Waals surface area contributed by atoms with Crippen LogP contribution in [-0.4, -0.2) is 44.8 Å². The zero-order chi connectivity index (χ0) is 16.4. The Kier molecular flexibility index (Phi) is 8.36. The van der Waals surface area contributed by atoms with E-state index in [9.17, 15) is 4.79 Å². The highest BCUT2D eigenvalue weighted by Crippen LogP contribution is 2.13. The van der Waals surface area contributed by atoms with E-state index in [0.717, 1.165) is 24.3 Å². The third kappa shape index (κ3) is 7.31. The van der Waals surface area contributed by atoms with E-state index < -0.39 is 0 Å². The van der Waals surface area contributed by atoms with E-state index in [1.165, 1.54) is 0 Å². The fourth-order valence-corrected chi connectivity index (χ4v) is 1.94. The molecule has 1 rings (SSSR count). The molecule has 0 spiro atoms. The molecule has 0 saturated heterocycles. The molecule has 0 aliphatic carbocycles. The van der Waals surface area contributed by atoms with Crippen molar-refractivity contribution in [2.45, 2.75) is 26.8 Å². The van der Waals surface area contributed by atoms with E-state index in [2.05, 4.69) is 19.2 Å². The Hall–Kier alpha value is -1.75. The highest BCUT2D eigenvalue weighted by molar-refractivity contribution is 5.73. The van der Waals surface area contributed by atoms with Gasteiger partial charge in [-0.25, -0.2) is 4.79 Å². The first-order valence-corrected chi connectivity index (χ1v) is 7.72. The van der Waals surface area contributed by atoms with Crippen molar-refractivity contribution in [3.63, 3.8) is 0 Å². The Labute approximate surface area is 133 Å². The van der Waals surface area contributed by atoms with Crippen LogP contribution in [0.1, 0.15) is 25.8 Å². The van der Waals surface area contributed by atoms with Gasteiger partial charge in [-0.1, -0.05) is 26.0 Å². The lowest BCUT2D eigenvalue weighted by molar-refractivity contribution is 0.108. The van der Waals surface area contributed by atoms with Gasteiger partial charge in [-0.3, -0.25) is 0 Å². The second-order valence-corrected chi connectivity index (χ2v) is 5.76. The van der Waals surface area contributed by atoms with Crippen molar-refractivity contribution < 1.29 is 14.3 Å². The molecule has 1 N–H and O–H groups in total. The van der Waals surface area contributed by atoms with Crippen LogP contribution in [0.5, 0.6) is 5.75 Å². The average Bonchev–Trinajstić information content (AvgIpc) is 2.50. The summed E-state index contributed by atoms with van der Waals surface area (Å²) in [6.07, 6.45) is 0.825. The van der Waals surface area contributed by atoms with E-state index in [4.69, 9.17) is 9.47 Å². The fourth-order valence-electron chi connectivity index (χ4n) is 1.94. The Morgan fingerprint density at radius 3 is 2.82 bits per heavy atom. The van der Waals surface area contributed by atoms with Gasteiger partial charge in [0.25, 0.3) is 0 Å². The van der Waals surface area contributed by atoms with Gasteiger partial charge in [0, 0.05) is 33.4 Å². The van der Waals surface area contributed by atoms with Crippen molar-refractivity contribution >= 4 is 6.03 Å². The molecule has 5 nitrogen and oxygen atoms in total.